The van der Waals surface area contributed by atoms with Crippen molar-refractivity contribution in [1.29, 1.82) is 0 Å². The van der Waals surface area contributed by atoms with Crippen molar-refractivity contribution in [3.8, 4) is 67.7 Å². The molecule has 6 heteroatoms. The second-order valence-electron chi connectivity index (χ2n) is 15.9. The number of hydrogen-bond donors (Lipinski definition) is 0. The van der Waals surface area contributed by atoms with E-state index in [0.29, 0.717) is 22.0 Å². The van der Waals surface area contributed by atoms with Crippen LogP contribution in [0.1, 0.15) is 0 Å². The maximum Gasteiger partial charge on any atom is 0.164 e. The second kappa shape index (κ2) is 13.1. The van der Waals surface area contributed by atoms with E-state index in [1.165, 1.54) is 22.5 Å². The fourth-order valence-corrected chi connectivity index (χ4v) is 9.22. The highest BCUT2D eigenvalue weighted by atomic mass is 16.3. The molecule has 282 valence electrons. The lowest BCUT2D eigenvalue weighted by molar-refractivity contribution is 0.568. The van der Waals surface area contributed by atoms with Gasteiger partial charge in [0.05, 0.1) is 25.3 Å². The van der Waals surface area contributed by atoms with Gasteiger partial charge < -0.3 is 4.42 Å². The summed E-state index contributed by atoms with van der Waals surface area (Å²) in [5.41, 5.74) is 14.5. The van der Waals surface area contributed by atoms with Crippen LogP contribution in [-0.2, 0) is 0 Å². The third-order valence-electron chi connectivity index (χ3n) is 12.1. The smallest absolute Gasteiger partial charge is 0.164 e. The number of furan rings is 1. The fraction of sp³-hybridized carbons (Fsp3) is 0.0370. The van der Waals surface area contributed by atoms with Gasteiger partial charge in [-0.05, 0) is 42.0 Å². The fourth-order valence-electron chi connectivity index (χ4n) is 9.22. The summed E-state index contributed by atoms with van der Waals surface area (Å²) in [5.74, 6) is 1.89. The quantitative estimate of drug-likeness (QED) is 0.129. The molecule has 1 aliphatic heterocycles. The van der Waals surface area contributed by atoms with E-state index < -0.39 is 0 Å². The van der Waals surface area contributed by atoms with Crippen LogP contribution >= 0.6 is 0 Å². The molecule has 0 bridgehead atoms. The van der Waals surface area contributed by atoms with E-state index in [1.54, 1.807) is 0 Å². The Balaban J connectivity index is 0.984. The van der Waals surface area contributed by atoms with Gasteiger partial charge in [-0.1, -0.05) is 133 Å². The molecule has 0 radical (unpaired) electrons. The molecule has 0 saturated carbocycles. The SMILES string of the molecule is C[N+]1(C)c2ccccc2-c2cc(-c3nc(-c4ccccc4)nc(-c4ccc(-c5cccc6c5oc5ccc7c(-c8ccccc8)nc8ccccc8c7c56)cc4)n3)ccc21. The van der Waals surface area contributed by atoms with Gasteiger partial charge in [-0.3, -0.25) is 4.48 Å². The zero-order valence-corrected chi connectivity index (χ0v) is 33.0. The molecule has 1 aliphatic rings. The summed E-state index contributed by atoms with van der Waals surface area (Å²) in [6.45, 7) is 0. The lowest BCUT2D eigenvalue weighted by atomic mass is 9.95. The van der Waals surface area contributed by atoms with Crippen molar-refractivity contribution < 1.29 is 4.42 Å². The molecule has 60 heavy (non-hydrogen) atoms. The van der Waals surface area contributed by atoms with Gasteiger partial charge in [0.15, 0.2) is 17.5 Å². The number of para-hydroxylation sites is 3. The molecule has 0 unspecified atom stereocenters. The Labute approximate surface area is 346 Å². The standard InChI is InChI=1S/C54H36N5O/c1-59(2)45-23-12-10-18-39(45)43-32-37(28-30-46(43)59)54-57-52(35-16-7-4-8-17-35)56-53(58-54)36-26-24-33(25-27-36)38-20-13-21-42-49-47(60-51(38)42)31-29-41-48(49)40-19-9-11-22-44(40)55-50(41)34-14-5-3-6-15-34/h3-32H,1-2H3/q+1. The molecule has 11 aromatic rings. The van der Waals surface area contributed by atoms with Crippen LogP contribution in [-0.4, -0.2) is 34.0 Å². The molecule has 0 N–H and O–H groups in total. The van der Waals surface area contributed by atoms with E-state index in [1.807, 2.05) is 36.4 Å². The first-order chi connectivity index (χ1) is 29.5. The summed E-state index contributed by atoms with van der Waals surface area (Å²) in [7, 11) is 4.47. The molecule has 0 saturated heterocycles. The zero-order valence-electron chi connectivity index (χ0n) is 33.0. The maximum atomic E-state index is 6.80. The predicted molar refractivity (Wildman–Crippen MR) is 246 cm³/mol. The van der Waals surface area contributed by atoms with Gasteiger partial charge in [0.25, 0.3) is 0 Å². The Morgan fingerprint density at radius 2 is 0.967 bits per heavy atom. The van der Waals surface area contributed by atoms with Gasteiger partial charge >= 0.3 is 0 Å². The highest BCUT2D eigenvalue weighted by molar-refractivity contribution is 6.29. The first kappa shape index (κ1) is 34.3. The topological polar surface area (TPSA) is 64.7 Å². The van der Waals surface area contributed by atoms with Gasteiger partial charge in [0.1, 0.15) is 22.5 Å². The largest absolute Gasteiger partial charge is 0.455 e. The second-order valence-corrected chi connectivity index (χ2v) is 15.9. The van der Waals surface area contributed by atoms with Gasteiger partial charge in [-0.25, -0.2) is 19.9 Å². The van der Waals surface area contributed by atoms with Crippen LogP contribution in [0.4, 0.5) is 11.4 Å². The number of quaternary nitrogens is 1. The van der Waals surface area contributed by atoms with Crippen LogP contribution in [0.5, 0.6) is 0 Å². The zero-order chi connectivity index (χ0) is 40.0. The first-order valence-corrected chi connectivity index (χ1v) is 20.2. The number of aromatic nitrogens is 4. The highest BCUT2D eigenvalue weighted by Crippen LogP contribution is 2.51. The Hall–Kier alpha value is -7.80. The molecule has 0 aliphatic carbocycles. The van der Waals surface area contributed by atoms with E-state index >= 15 is 0 Å². The molecule has 4 heterocycles. The number of fused-ring (bicyclic) bond motifs is 10. The molecule has 3 aromatic heterocycles. The molecular weight excluding hydrogens is 735 g/mol. The lowest BCUT2D eigenvalue weighted by Gasteiger charge is -2.24. The minimum absolute atomic E-state index is 0.616. The summed E-state index contributed by atoms with van der Waals surface area (Å²) in [6, 6.07) is 63.4. The minimum Gasteiger partial charge on any atom is -0.455 e. The van der Waals surface area contributed by atoms with E-state index in [-0.39, 0.29) is 0 Å². The number of hydrogen-bond acceptors (Lipinski definition) is 5. The summed E-state index contributed by atoms with van der Waals surface area (Å²) < 4.78 is 7.49. The third kappa shape index (κ3) is 5.25. The van der Waals surface area contributed by atoms with Crippen molar-refractivity contribution in [2.75, 3.05) is 14.1 Å². The van der Waals surface area contributed by atoms with Gasteiger partial charge in [0, 0.05) is 78.0 Å². The Kier molecular flexibility index (Phi) is 7.49. The Morgan fingerprint density at radius 3 is 1.75 bits per heavy atom. The molecule has 6 nitrogen and oxygen atoms in total. The van der Waals surface area contributed by atoms with Crippen LogP contribution < -0.4 is 4.48 Å². The minimum atomic E-state index is 0.616. The molecule has 12 rings (SSSR count). The average Bonchev–Trinajstić information content (AvgIpc) is 3.81. The molecule has 8 aromatic carbocycles. The predicted octanol–water partition coefficient (Wildman–Crippen LogP) is 13.7. The van der Waals surface area contributed by atoms with Crippen molar-refractivity contribution in [3.05, 3.63) is 182 Å². The van der Waals surface area contributed by atoms with Crippen molar-refractivity contribution in [2.45, 2.75) is 0 Å². The number of benzene rings is 8. The Bertz CT molecular complexity index is 3500. The molecule has 0 amide bonds. The first-order valence-electron chi connectivity index (χ1n) is 20.2. The van der Waals surface area contributed by atoms with Crippen molar-refractivity contribution in [1.82, 2.24) is 24.4 Å². The van der Waals surface area contributed by atoms with Gasteiger partial charge in [0.2, 0.25) is 0 Å². The molecule has 0 spiro atoms. The summed E-state index contributed by atoms with van der Waals surface area (Å²) in [6.07, 6.45) is 0. The van der Waals surface area contributed by atoms with Crippen molar-refractivity contribution in [3.63, 3.8) is 0 Å². The van der Waals surface area contributed by atoms with Crippen molar-refractivity contribution >= 4 is 55.0 Å². The highest BCUT2D eigenvalue weighted by Gasteiger charge is 2.37. The van der Waals surface area contributed by atoms with Crippen molar-refractivity contribution in [2.24, 2.45) is 0 Å². The normalized spacial score (nSPS) is 13.0. The average molecular weight is 771 g/mol. The Morgan fingerprint density at radius 1 is 0.383 bits per heavy atom. The van der Waals surface area contributed by atoms with Crippen LogP contribution in [0.25, 0.3) is 111 Å². The van der Waals surface area contributed by atoms with Gasteiger partial charge in [-0.2, -0.15) is 0 Å². The lowest BCUT2D eigenvalue weighted by Crippen LogP contribution is -2.31. The maximum absolute atomic E-state index is 6.80. The third-order valence-corrected chi connectivity index (χ3v) is 12.1. The van der Waals surface area contributed by atoms with Crippen LogP contribution in [0.2, 0.25) is 0 Å². The summed E-state index contributed by atoms with van der Waals surface area (Å²) in [5, 5.41) is 5.53. The van der Waals surface area contributed by atoms with Crippen LogP contribution in [0.15, 0.2) is 186 Å². The monoisotopic (exact) mass is 770 g/mol. The van der Waals surface area contributed by atoms with E-state index in [4.69, 9.17) is 24.4 Å². The number of pyridine rings is 1. The van der Waals surface area contributed by atoms with E-state index in [9.17, 15) is 0 Å². The summed E-state index contributed by atoms with van der Waals surface area (Å²) in [4.78, 5) is 20.4. The van der Waals surface area contributed by atoms with Crippen LogP contribution in [0.3, 0.4) is 0 Å². The summed E-state index contributed by atoms with van der Waals surface area (Å²) >= 11 is 0. The van der Waals surface area contributed by atoms with E-state index in [2.05, 4.69) is 160 Å². The van der Waals surface area contributed by atoms with Gasteiger partial charge in [-0.15, -0.1) is 0 Å². The molecular formula is C54H36N5O+. The molecule has 0 fully saturated rings. The number of nitrogens with zero attached hydrogens (tertiary/aromatic N) is 5. The van der Waals surface area contributed by atoms with E-state index in [0.717, 1.165) is 82.7 Å². The molecule has 0 atom stereocenters. The number of rotatable bonds is 5. The van der Waals surface area contributed by atoms with Crippen LogP contribution in [0, 0.1) is 0 Å².